The fraction of sp³-hybridized carbons (Fsp3) is 0.440. The molecule has 3 saturated heterocycles. The number of aryl methyl sites for hydroxylation is 1. The van der Waals surface area contributed by atoms with Crippen LogP contribution in [0.5, 0.6) is 0 Å². The standard InChI is InChI=1S/C25H27IN4O/c1-2-3-4-16-5-7-17(8-6-16)25(31)24-22-12-21(28-24)23-14-29(15-30(22)23)19-10-9-18(13-27)20(26)11-19/h5-11,21-24,28H,2-4,12,14-15H2,1H3. The van der Waals surface area contributed by atoms with Crippen LogP contribution in [-0.4, -0.2) is 48.1 Å². The number of hydrogen-bond acceptors (Lipinski definition) is 5. The molecule has 4 unspecified atom stereocenters. The second-order valence-electron chi connectivity index (χ2n) is 8.94. The minimum absolute atomic E-state index is 0.121. The minimum Gasteiger partial charge on any atom is -0.357 e. The van der Waals surface area contributed by atoms with Gasteiger partial charge in [0.25, 0.3) is 0 Å². The van der Waals surface area contributed by atoms with Crippen LogP contribution in [0.1, 0.15) is 47.7 Å². The van der Waals surface area contributed by atoms with Gasteiger partial charge in [-0.2, -0.15) is 5.26 Å². The van der Waals surface area contributed by atoms with Gasteiger partial charge in [-0.1, -0.05) is 37.6 Å². The average molecular weight is 526 g/mol. The average Bonchev–Trinajstić information content (AvgIpc) is 3.49. The van der Waals surface area contributed by atoms with Crippen LogP contribution in [0.4, 0.5) is 5.69 Å². The van der Waals surface area contributed by atoms with E-state index in [4.69, 9.17) is 0 Å². The third-order valence-corrected chi connectivity index (χ3v) is 8.00. The number of ketones is 1. The van der Waals surface area contributed by atoms with Crippen LogP contribution in [0.25, 0.3) is 0 Å². The predicted molar refractivity (Wildman–Crippen MR) is 130 cm³/mol. The van der Waals surface area contributed by atoms with E-state index >= 15 is 0 Å². The summed E-state index contributed by atoms with van der Waals surface area (Å²) in [5, 5.41) is 12.8. The molecule has 2 aromatic rings. The summed E-state index contributed by atoms with van der Waals surface area (Å²) in [6, 6.07) is 17.5. The maximum atomic E-state index is 13.3. The molecular formula is C25H27IN4O. The fourth-order valence-electron chi connectivity index (χ4n) is 5.43. The van der Waals surface area contributed by atoms with E-state index in [1.807, 2.05) is 24.3 Å². The van der Waals surface area contributed by atoms with Crippen LogP contribution in [0.2, 0.25) is 0 Å². The number of nitrogens with zero attached hydrogens (tertiary/aromatic N) is 3. The Morgan fingerprint density at radius 1 is 1.23 bits per heavy atom. The van der Waals surface area contributed by atoms with E-state index in [0.29, 0.717) is 12.1 Å². The van der Waals surface area contributed by atoms with Crippen LogP contribution >= 0.6 is 22.6 Å². The summed E-state index contributed by atoms with van der Waals surface area (Å²) < 4.78 is 0.987. The van der Waals surface area contributed by atoms with Gasteiger partial charge in [-0.05, 0) is 65.6 Å². The number of nitrogens with one attached hydrogen (secondary N) is 1. The predicted octanol–water partition coefficient (Wildman–Crippen LogP) is 3.95. The molecule has 1 N–H and O–H groups in total. The van der Waals surface area contributed by atoms with Crippen molar-refractivity contribution in [1.29, 1.82) is 5.26 Å². The minimum atomic E-state index is -0.121. The highest BCUT2D eigenvalue weighted by molar-refractivity contribution is 14.1. The number of halogens is 1. The maximum absolute atomic E-state index is 13.3. The van der Waals surface area contributed by atoms with Gasteiger partial charge in [0, 0.05) is 39.5 Å². The molecule has 3 heterocycles. The lowest BCUT2D eigenvalue weighted by Crippen LogP contribution is -2.57. The summed E-state index contributed by atoms with van der Waals surface area (Å²) in [5.74, 6) is 0.222. The Kier molecular flexibility index (Phi) is 5.76. The number of anilines is 1. The molecule has 0 saturated carbocycles. The van der Waals surface area contributed by atoms with Crippen molar-refractivity contribution < 1.29 is 4.79 Å². The molecule has 0 amide bonds. The summed E-state index contributed by atoms with van der Waals surface area (Å²) in [4.78, 5) is 18.2. The zero-order valence-corrected chi connectivity index (χ0v) is 19.9. The topological polar surface area (TPSA) is 59.4 Å². The Morgan fingerprint density at radius 2 is 2.03 bits per heavy atom. The monoisotopic (exact) mass is 526 g/mol. The Bertz CT molecular complexity index is 1030. The summed E-state index contributed by atoms with van der Waals surface area (Å²) in [6.07, 6.45) is 4.50. The van der Waals surface area contributed by atoms with Crippen LogP contribution in [0.15, 0.2) is 42.5 Å². The number of hydrogen-bond donors (Lipinski definition) is 1. The molecule has 4 atom stereocenters. The lowest BCUT2D eigenvalue weighted by Gasteiger charge is -2.33. The highest BCUT2D eigenvalue weighted by Gasteiger charge is 2.56. The molecule has 2 bridgehead atoms. The van der Waals surface area contributed by atoms with Crippen molar-refractivity contribution in [3.63, 3.8) is 0 Å². The van der Waals surface area contributed by atoms with Crippen molar-refractivity contribution in [2.45, 2.75) is 56.8 Å². The maximum Gasteiger partial charge on any atom is 0.181 e. The SMILES string of the molecule is CCCCc1ccc(C(=O)C2NC3CC2N2CN(c4ccc(C#N)c(I)c4)CC32)cc1. The largest absolute Gasteiger partial charge is 0.357 e. The molecule has 0 radical (unpaired) electrons. The van der Waals surface area contributed by atoms with Gasteiger partial charge in [0.15, 0.2) is 5.78 Å². The molecule has 3 aliphatic rings. The van der Waals surface area contributed by atoms with Gasteiger partial charge >= 0.3 is 0 Å². The number of nitriles is 1. The first kappa shape index (κ1) is 20.9. The number of carbonyl (C=O) groups excluding carboxylic acids is 1. The number of benzene rings is 2. The Balaban J connectivity index is 1.28. The highest BCUT2D eigenvalue weighted by atomic mass is 127. The molecular weight excluding hydrogens is 499 g/mol. The molecule has 3 fully saturated rings. The molecule has 160 valence electrons. The first-order valence-corrected chi connectivity index (χ1v) is 12.3. The molecule has 5 rings (SSSR count). The molecule has 6 heteroatoms. The van der Waals surface area contributed by atoms with Crippen LogP contribution < -0.4 is 10.2 Å². The van der Waals surface area contributed by atoms with E-state index in [0.717, 1.165) is 46.4 Å². The number of piperazine rings is 1. The second kappa shape index (κ2) is 8.53. The summed E-state index contributed by atoms with van der Waals surface area (Å²) in [6.45, 7) is 4.01. The Morgan fingerprint density at radius 3 is 2.74 bits per heavy atom. The summed E-state index contributed by atoms with van der Waals surface area (Å²) in [7, 11) is 0. The summed E-state index contributed by atoms with van der Waals surface area (Å²) >= 11 is 2.23. The van der Waals surface area contributed by atoms with Crippen LogP contribution in [0.3, 0.4) is 0 Å². The Hall–Kier alpha value is -1.95. The van der Waals surface area contributed by atoms with Crippen molar-refractivity contribution in [1.82, 2.24) is 10.2 Å². The van der Waals surface area contributed by atoms with Crippen LogP contribution in [-0.2, 0) is 6.42 Å². The van der Waals surface area contributed by atoms with Gasteiger partial charge in [0.05, 0.1) is 18.3 Å². The van der Waals surface area contributed by atoms with Gasteiger partial charge < -0.3 is 10.2 Å². The normalized spacial score (nSPS) is 26.8. The molecule has 2 aromatic carbocycles. The van der Waals surface area contributed by atoms with E-state index in [1.165, 1.54) is 18.4 Å². The third-order valence-electron chi connectivity index (χ3n) is 7.11. The van der Waals surface area contributed by atoms with E-state index in [1.54, 1.807) is 0 Å². The first-order valence-electron chi connectivity index (χ1n) is 11.2. The quantitative estimate of drug-likeness (QED) is 0.457. The molecule has 31 heavy (non-hydrogen) atoms. The lowest BCUT2D eigenvalue weighted by molar-refractivity contribution is 0.0843. The van der Waals surface area contributed by atoms with Gasteiger partial charge in [0.1, 0.15) is 6.07 Å². The van der Waals surface area contributed by atoms with Crippen molar-refractivity contribution in [2.75, 3.05) is 18.1 Å². The van der Waals surface area contributed by atoms with Gasteiger partial charge in [-0.25, -0.2) is 0 Å². The zero-order chi connectivity index (χ0) is 21.5. The van der Waals surface area contributed by atoms with E-state index in [9.17, 15) is 10.1 Å². The Labute approximate surface area is 197 Å². The highest BCUT2D eigenvalue weighted by Crippen LogP contribution is 2.39. The smallest absolute Gasteiger partial charge is 0.181 e. The van der Waals surface area contributed by atoms with Crippen LogP contribution in [0, 0.1) is 14.9 Å². The molecule has 5 nitrogen and oxygen atoms in total. The van der Waals surface area contributed by atoms with Crippen molar-refractivity contribution >= 4 is 34.1 Å². The third kappa shape index (κ3) is 3.77. The van der Waals surface area contributed by atoms with E-state index in [-0.39, 0.29) is 17.9 Å². The number of Topliss-reactive ketones (excluding diaryl/α,β-unsaturated/α-hetero) is 1. The number of unbranched alkanes of at least 4 members (excludes halogenated alkanes) is 1. The molecule has 0 aliphatic carbocycles. The van der Waals surface area contributed by atoms with Crippen molar-refractivity contribution in [2.24, 2.45) is 0 Å². The number of fused-ring (bicyclic) bond motifs is 5. The van der Waals surface area contributed by atoms with Gasteiger partial charge in [0.2, 0.25) is 0 Å². The fourth-order valence-corrected chi connectivity index (χ4v) is 6.05. The molecule has 0 aromatic heterocycles. The van der Waals surface area contributed by atoms with Crippen molar-refractivity contribution in [3.05, 3.63) is 62.7 Å². The summed E-state index contributed by atoms with van der Waals surface area (Å²) in [5.41, 5.74) is 4.01. The van der Waals surface area contributed by atoms with E-state index in [2.05, 4.69) is 68.9 Å². The number of rotatable bonds is 6. The lowest BCUT2D eigenvalue weighted by atomic mass is 9.97. The first-order chi connectivity index (χ1) is 15.1. The second-order valence-corrected chi connectivity index (χ2v) is 10.1. The van der Waals surface area contributed by atoms with Gasteiger partial charge in [-0.15, -0.1) is 0 Å². The van der Waals surface area contributed by atoms with Gasteiger partial charge in [-0.3, -0.25) is 9.69 Å². The number of carbonyl (C=O) groups is 1. The molecule has 0 spiro atoms. The zero-order valence-electron chi connectivity index (χ0n) is 17.7. The van der Waals surface area contributed by atoms with Crippen molar-refractivity contribution in [3.8, 4) is 6.07 Å². The van der Waals surface area contributed by atoms with E-state index < -0.39 is 0 Å². The molecule has 3 aliphatic heterocycles.